The molecule has 0 aliphatic carbocycles. The molecule has 0 amide bonds. The van der Waals surface area contributed by atoms with Gasteiger partial charge in [-0.1, -0.05) is 29.3 Å². The van der Waals surface area contributed by atoms with Crippen LogP contribution in [0.15, 0.2) is 48.8 Å². The second-order valence-electron chi connectivity index (χ2n) is 5.41. The first-order valence-electron chi connectivity index (χ1n) is 7.70. The lowest BCUT2D eigenvalue weighted by Gasteiger charge is -2.14. The molecule has 0 saturated carbocycles. The molecular weight excluding hydrogens is 413 g/mol. The van der Waals surface area contributed by atoms with Crippen molar-refractivity contribution in [3.05, 3.63) is 76.2 Å². The third-order valence-corrected chi connectivity index (χ3v) is 4.72. The Morgan fingerprint density at radius 3 is 2.59 bits per heavy atom. The highest BCUT2D eigenvalue weighted by molar-refractivity contribution is 7.80. The summed E-state index contributed by atoms with van der Waals surface area (Å²) < 4.78 is 26.4. The lowest BCUT2D eigenvalue weighted by molar-refractivity contribution is 0.584. The van der Waals surface area contributed by atoms with E-state index in [0.717, 1.165) is 5.56 Å². The Morgan fingerprint density at radius 2 is 1.85 bits per heavy atom. The Balaban J connectivity index is 1.71. The molecule has 2 heterocycles. The summed E-state index contributed by atoms with van der Waals surface area (Å²) in [4.78, 5) is 7.98. The van der Waals surface area contributed by atoms with Gasteiger partial charge in [-0.25, -0.2) is 9.37 Å². The fraction of sp³-hybridized carbons (Fsp3) is 0.0556. The van der Waals surface area contributed by atoms with Gasteiger partial charge < -0.3 is 10.6 Å². The molecule has 9 heteroatoms. The van der Waals surface area contributed by atoms with E-state index >= 15 is 0 Å². The Kier molecular flexibility index (Phi) is 6.15. The van der Waals surface area contributed by atoms with E-state index in [2.05, 4.69) is 20.6 Å². The standard InChI is InChI=1S/C18H12Cl2F2N4S/c19-15-12(21)4-5-13(16(15)20)26-18(27)25-9-10-2-1-7-23-17(10)11-3-6-14(22)24-8-11/h1-8H,9H2,(H2,25,26,27). The van der Waals surface area contributed by atoms with Crippen LogP contribution >= 0.6 is 35.4 Å². The molecule has 3 aromatic rings. The maximum Gasteiger partial charge on any atom is 0.212 e. The molecule has 0 unspecified atom stereocenters. The number of benzene rings is 1. The van der Waals surface area contributed by atoms with E-state index in [4.69, 9.17) is 35.4 Å². The number of pyridine rings is 2. The lowest BCUT2D eigenvalue weighted by Crippen LogP contribution is -2.28. The average molecular weight is 425 g/mol. The number of anilines is 1. The molecule has 0 aliphatic heterocycles. The number of nitrogens with zero attached hydrogens (tertiary/aromatic N) is 2. The van der Waals surface area contributed by atoms with Crippen molar-refractivity contribution in [3.63, 3.8) is 0 Å². The number of nitrogens with one attached hydrogen (secondary N) is 2. The Bertz CT molecular complexity index is 984. The van der Waals surface area contributed by atoms with E-state index < -0.39 is 11.8 Å². The van der Waals surface area contributed by atoms with E-state index in [1.165, 1.54) is 24.4 Å². The molecule has 0 radical (unpaired) electrons. The second kappa shape index (κ2) is 8.56. The molecule has 3 rings (SSSR count). The van der Waals surface area contributed by atoms with Crippen molar-refractivity contribution in [1.82, 2.24) is 15.3 Å². The highest BCUT2D eigenvalue weighted by Crippen LogP contribution is 2.32. The molecule has 1 aromatic carbocycles. The van der Waals surface area contributed by atoms with Gasteiger partial charge in [-0.15, -0.1) is 0 Å². The van der Waals surface area contributed by atoms with Crippen molar-refractivity contribution >= 4 is 46.2 Å². The first kappa shape index (κ1) is 19.4. The molecule has 0 bridgehead atoms. The SMILES string of the molecule is Fc1ccc(-c2ncccc2CNC(=S)Nc2ccc(F)c(Cl)c2Cl)cn1. The van der Waals surface area contributed by atoms with Crippen LogP contribution in [0.5, 0.6) is 0 Å². The van der Waals surface area contributed by atoms with Crippen LogP contribution in [0.3, 0.4) is 0 Å². The van der Waals surface area contributed by atoms with Crippen LogP contribution < -0.4 is 10.6 Å². The molecule has 2 N–H and O–H groups in total. The number of aromatic nitrogens is 2. The molecule has 0 saturated heterocycles. The van der Waals surface area contributed by atoms with Crippen LogP contribution in [0.4, 0.5) is 14.5 Å². The minimum Gasteiger partial charge on any atom is -0.358 e. The predicted molar refractivity (Wildman–Crippen MR) is 107 cm³/mol. The third kappa shape index (κ3) is 4.68. The van der Waals surface area contributed by atoms with Gasteiger partial charge in [-0.2, -0.15) is 4.39 Å². The van der Waals surface area contributed by atoms with Gasteiger partial charge in [0.2, 0.25) is 5.95 Å². The highest BCUT2D eigenvalue weighted by Gasteiger charge is 2.12. The van der Waals surface area contributed by atoms with Crippen LogP contribution in [0.2, 0.25) is 10.0 Å². The smallest absolute Gasteiger partial charge is 0.212 e. The first-order chi connectivity index (χ1) is 13.0. The molecule has 0 atom stereocenters. The first-order valence-corrected chi connectivity index (χ1v) is 8.86. The second-order valence-corrected chi connectivity index (χ2v) is 6.58. The maximum atomic E-state index is 13.4. The van der Waals surface area contributed by atoms with Gasteiger partial charge in [-0.3, -0.25) is 4.98 Å². The summed E-state index contributed by atoms with van der Waals surface area (Å²) in [7, 11) is 0. The highest BCUT2D eigenvalue weighted by atomic mass is 35.5. The molecule has 27 heavy (non-hydrogen) atoms. The minimum absolute atomic E-state index is 0.0419. The Labute approximate surface area is 169 Å². The zero-order valence-corrected chi connectivity index (χ0v) is 16.0. The van der Waals surface area contributed by atoms with Crippen LogP contribution in [-0.2, 0) is 6.54 Å². The van der Waals surface area contributed by atoms with Crippen molar-refractivity contribution < 1.29 is 8.78 Å². The molecule has 2 aromatic heterocycles. The summed E-state index contributed by atoms with van der Waals surface area (Å²) in [5.74, 6) is -1.17. The number of halogens is 4. The summed E-state index contributed by atoms with van der Waals surface area (Å²) in [6, 6.07) is 9.16. The van der Waals surface area contributed by atoms with Gasteiger partial charge in [0.1, 0.15) is 5.82 Å². The summed E-state index contributed by atoms with van der Waals surface area (Å²) in [6.07, 6.45) is 3.05. The number of rotatable bonds is 4. The summed E-state index contributed by atoms with van der Waals surface area (Å²) in [5, 5.41) is 6.02. The van der Waals surface area contributed by atoms with E-state index in [1.807, 2.05) is 6.07 Å². The van der Waals surface area contributed by atoms with Crippen LogP contribution in [0.25, 0.3) is 11.3 Å². The quantitative estimate of drug-likeness (QED) is 0.341. The zero-order valence-electron chi connectivity index (χ0n) is 13.6. The largest absolute Gasteiger partial charge is 0.358 e. The maximum absolute atomic E-state index is 13.4. The van der Waals surface area contributed by atoms with Gasteiger partial charge in [0.25, 0.3) is 0 Å². The number of hydrogen-bond acceptors (Lipinski definition) is 3. The van der Waals surface area contributed by atoms with Gasteiger partial charge in [-0.05, 0) is 48.1 Å². The number of thiocarbonyl (C=S) groups is 1. The minimum atomic E-state index is -0.612. The topological polar surface area (TPSA) is 49.8 Å². The van der Waals surface area contributed by atoms with Crippen molar-refractivity contribution in [2.24, 2.45) is 0 Å². The molecule has 4 nitrogen and oxygen atoms in total. The van der Waals surface area contributed by atoms with Crippen LogP contribution in [0.1, 0.15) is 5.56 Å². The van der Waals surface area contributed by atoms with Crippen molar-refractivity contribution in [2.45, 2.75) is 6.54 Å². The monoisotopic (exact) mass is 424 g/mol. The fourth-order valence-electron chi connectivity index (χ4n) is 2.32. The van der Waals surface area contributed by atoms with E-state index in [1.54, 1.807) is 18.3 Å². The molecule has 138 valence electrons. The summed E-state index contributed by atoms with van der Waals surface area (Å²) in [5.41, 5.74) is 2.55. The normalized spacial score (nSPS) is 10.5. The zero-order chi connectivity index (χ0) is 19.4. The predicted octanol–water partition coefficient (Wildman–Crippen LogP) is 5.22. The summed E-state index contributed by atoms with van der Waals surface area (Å²) >= 11 is 17.0. The van der Waals surface area contributed by atoms with Crippen LogP contribution in [0, 0.1) is 11.8 Å². The van der Waals surface area contributed by atoms with E-state index in [-0.39, 0.29) is 15.2 Å². The molecule has 0 spiro atoms. The van der Waals surface area contributed by atoms with Gasteiger partial charge >= 0.3 is 0 Å². The Morgan fingerprint density at radius 1 is 1.04 bits per heavy atom. The van der Waals surface area contributed by atoms with E-state index in [9.17, 15) is 8.78 Å². The van der Waals surface area contributed by atoms with Gasteiger partial charge in [0, 0.05) is 24.5 Å². The Hall–Kier alpha value is -2.35. The van der Waals surface area contributed by atoms with Crippen molar-refractivity contribution in [1.29, 1.82) is 0 Å². The molecule has 0 fully saturated rings. The lowest BCUT2D eigenvalue weighted by atomic mass is 10.1. The van der Waals surface area contributed by atoms with Crippen molar-refractivity contribution in [2.75, 3.05) is 5.32 Å². The van der Waals surface area contributed by atoms with Gasteiger partial charge in [0.15, 0.2) is 5.11 Å². The average Bonchev–Trinajstić information content (AvgIpc) is 2.68. The van der Waals surface area contributed by atoms with Gasteiger partial charge in [0.05, 0.1) is 21.4 Å². The third-order valence-electron chi connectivity index (χ3n) is 3.61. The van der Waals surface area contributed by atoms with Crippen molar-refractivity contribution in [3.8, 4) is 11.3 Å². The fourth-order valence-corrected chi connectivity index (χ4v) is 2.87. The molecular formula is C18H12Cl2F2N4S. The van der Waals surface area contributed by atoms with E-state index in [0.29, 0.717) is 23.5 Å². The summed E-state index contributed by atoms with van der Waals surface area (Å²) in [6.45, 7) is 0.346. The number of hydrogen-bond donors (Lipinski definition) is 2. The molecule has 0 aliphatic rings. The van der Waals surface area contributed by atoms with Crippen LogP contribution in [-0.4, -0.2) is 15.1 Å².